The highest BCUT2D eigenvalue weighted by molar-refractivity contribution is 5.20. The molecule has 2 aromatic rings. The van der Waals surface area contributed by atoms with Crippen molar-refractivity contribution in [3.63, 3.8) is 0 Å². The van der Waals surface area contributed by atoms with Crippen molar-refractivity contribution < 1.29 is 13.2 Å². The quantitative estimate of drug-likeness (QED) is 0.789. The summed E-state index contributed by atoms with van der Waals surface area (Å²) in [6, 6.07) is 1.80. The summed E-state index contributed by atoms with van der Waals surface area (Å²) in [6.07, 6.45) is 1.31. The number of halogens is 3. The summed E-state index contributed by atoms with van der Waals surface area (Å²) in [7, 11) is 0. The van der Waals surface area contributed by atoms with Gasteiger partial charge in [0.1, 0.15) is 6.33 Å². The molecular formula is C9H7F3N4. The van der Waals surface area contributed by atoms with Crippen molar-refractivity contribution in [2.45, 2.75) is 6.54 Å². The predicted molar refractivity (Wildman–Crippen MR) is 49.9 cm³/mol. The van der Waals surface area contributed by atoms with E-state index in [1.54, 1.807) is 0 Å². The number of nitrogen functional groups attached to an aromatic ring is 1. The van der Waals surface area contributed by atoms with Gasteiger partial charge in [-0.1, -0.05) is 0 Å². The zero-order chi connectivity index (χ0) is 11.7. The van der Waals surface area contributed by atoms with Crippen molar-refractivity contribution in [3.05, 3.63) is 41.5 Å². The van der Waals surface area contributed by atoms with E-state index in [0.717, 1.165) is 12.1 Å². The van der Waals surface area contributed by atoms with Crippen LogP contribution in [0.2, 0.25) is 0 Å². The van der Waals surface area contributed by atoms with Crippen LogP contribution in [0.4, 0.5) is 19.1 Å². The van der Waals surface area contributed by atoms with Crippen LogP contribution < -0.4 is 5.73 Å². The number of aromatic nitrogens is 3. The Kier molecular flexibility index (Phi) is 2.51. The largest absolute Gasteiger partial charge is 0.367 e. The van der Waals surface area contributed by atoms with Gasteiger partial charge in [0.15, 0.2) is 17.5 Å². The molecule has 0 aliphatic rings. The summed E-state index contributed by atoms with van der Waals surface area (Å²) in [6.45, 7) is 0.0678. The molecule has 0 radical (unpaired) electrons. The van der Waals surface area contributed by atoms with Crippen LogP contribution in [0.1, 0.15) is 5.56 Å². The van der Waals surface area contributed by atoms with Crippen molar-refractivity contribution in [2.75, 3.05) is 5.73 Å². The second-order valence-corrected chi connectivity index (χ2v) is 3.17. The number of anilines is 1. The molecule has 0 spiro atoms. The molecule has 0 unspecified atom stereocenters. The maximum atomic E-state index is 12.9. The smallest absolute Gasteiger partial charge is 0.239 e. The first-order valence-corrected chi connectivity index (χ1v) is 4.34. The average Bonchev–Trinajstić information content (AvgIpc) is 2.60. The predicted octanol–water partition coefficient (Wildman–Crippen LogP) is 1.33. The molecule has 84 valence electrons. The van der Waals surface area contributed by atoms with Crippen molar-refractivity contribution in [1.29, 1.82) is 0 Å². The Bertz CT molecular complexity index is 500. The number of rotatable bonds is 2. The van der Waals surface area contributed by atoms with Crippen LogP contribution in [-0.2, 0) is 6.54 Å². The minimum atomic E-state index is -1.48. The summed E-state index contributed by atoms with van der Waals surface area (Å²) in [5, 5.41) is 3.73. The average molecular weight is 228 g/mol. The standard InChI is InChI=1S/C9H7F3N4/c10-6-1-5(2-7(11)8(6)12)3-16-4-14-9(13)15-16/h1-2,4H,3H2,(H2,13,15). The van der Waals surface area contributed by atoms with Gasteiger partial charge >= 0.3 is 0 Å². The first-order chi connectivity index (χ1) is 7.56. The highest BCUT2D eigenvalue weighted by Gasteiger charge is 2.10. The van der Waals surface area contributed by atoms with Gasteiger partial charge in [-0.2, -0.15) is 0 Å². The maximum absolute atomic E-state index is 12.9. The van der Waals surface area contributed by atoms with E-state index in [0.29, 0.717) is 0 Å². The number of hydrogen-bond donors (Lipinski definition) is 1. The molecule has 1 heterocycles. The lowest BCUT2D eigenvalue weighted by Gasteiger charge is -2.02. The second kappa shape index (κ2) is 3.84. The van der Waals surface area contributed by atoms with Gasteiger partial charge in [0.25, 0.3) is 0 Å². The summed E-state index contributed by atoms with van der Waals surface area (Å²) in [5.74, 6) is -3.89. The molecule has 4 nitrogen and oxygen atoms in total. The topological polar surface area (TPSA) is 56.7 Å². The molecule has 2 N–H and O–H groups in total. The summed E-state index contributed by atoms with van der Waals surface area (Å²) >= 11 is 0. The Labute approximate surface area is 88.5 Å². The van der Waals surface area contributed by atoms with Gasteiger partial charge in [-0.05, 0) is 17.7 Å². The van der Waals surface area contributed by atoms with Crippen LogP contribution in [0.3, 0.4) is 0 Å². The van der Waals surface area contributed by atoms with Gasteiger partial charge in [0, 0.05) is 0 Å². The fourth-order valence-electron chi connectivity index (χ4n) is 1.27. The fourth-order valence-corrected chi connectivity index (χ4v) is 1.27. The Balaban J connectivity index is 2.28. The summed E-state index contributed by atoms with van der Waals surface area (Å²) in [4.78, 5) is 3.64. The molecular weight excluding hydrogens is 221 g/mol. The first-order valence-electron chi connectivity index (χ1n) is 4.34. The first kappa shape index (κ1) is 10.5. The molecule has 1 aromatic heterocycles. The number of nitrogens with two attached hydrogens (primary N) is 1. The third-order valence-electron chi connectivity index (χ3n) is 1.94. The van der Waals surface area contributed by atoms with Crippen molar-refractivity contribution in [2.24, 2.45) is 0 Å². The normalized spacial score (nSPS) is 10.7. The van der Waals surface area contributed by atoms with Crippen LogP contribution in [0.15, 0.2) is 18.5 Å². The Hall–Kier alpha value is -2.05. The van der Waals surface area contributed by atoms with Gasteiger partial charge < -0.3 is 5.73 Å². The molecule has 0 bridgehead atoms. The third kappa shape index (κ3) is 1.97. The Morgan fingerprint density at radius 2 is 1.81 bits per heavy atom. The minimum Gasteiger partial charge on any atom is -0.367 e. The van der Waals surface area contributed by atoms with E-state index in [9.17, 15) is 13.2 Å². The van der Waals surface area contributed by atoms with E-state index >= 15 is 0 Å². The maximum Gasteiger partial charge on any atom is 0.239 e. The van der Waals surface area contributed by atoms with E-state index in [1.165, 1.54) is 11.0 Å². The van der Waals surface area contributed by atoms with Gasteiger partial charge in [0.2, 0.25) is 5.95 Å². The van der Waals surface area contributed by atoms with Gasteiger partial charge in [-0.25, -0.2) is 22.8 Å². The molecule has 2 rings (SSSR count). The van der Waals surface area contributed by atoms with E-state index in [-0.39, 0.29) is 18.1 Å². The molecule has 0 saturated heterocycles. The lowest BCUT2D eigenvalue weighted by molar-refractivity contribution is 0.444. The van der Waals surface area contributed by atoms with Crippen molar-refractivity contribution >= 4 is 5.95 Å². The van der Waals surface area contributed by atoms with Crippen molar-refractivity contribution in [3.8, 4) is 0 Å². The second-order valence-electron chi connectivity index (χ2n) is 3.17. The third-order valence-corrected chi connectivity index (χ3v) is 1.94. The zero-order valence-electron chi connectivity index (χ0n) is 7.99. The molecule has 1 aromatic carbocycles. The number of nitrogens with zero attached hydrogens (tertiary/aromatic N) is 3. The zero-order valence-corrected chi connectivity index (χ0v) is 7.99. The van der Waals surface area contributed by atoms with Crippen LogP contribution in [-0.4, -0.2) is 14.8 Å². The molecule has 0 atom stereocenters. The van der Waals surface area contributed by atoms with E-state index < -0.39 is 17.5 Å². The molecule has 7 heteroatoms. The monoisotopic (exact) mass is 228 g/mol. The number of benzene rings is 1. The van der Waals surface area contributed by atoms with E-state index in [2.05, 4.69) is 10.1 Å². The Morgan fingerprint density at radius 3 is 2.31 bits per heavy atom. The van der Waals surface area contributed by atoms with Gasteiger partial charge in [0.05, 0.1) is 6.54 Å². The summed E-state index contributed by atoms with van der Waals surface area (Å²) in [5.41, 5.74) is 5.50. The SMILES string of the molecule is Nc1ncn(Cc2cc(F)c(F)c(F)c2)n1. The summed E-state index contributed by atoms with van der Waals surface area (Å²) < 4.78 is 39.7. The molecule has 0 fully saturated rings. The van der Waals surface area contributed by atoms with E-state index in [4.69, 9.17) is 5.73 Å². The van der Waals surface area contributed by atoms with Crippen molar-refractivity contribution in [1.82, 2.24) is 14.8 Å². The van der Waals surface area contributed by atoms with Gasteiger partial charge in [-0.15, -0.1) is 5.10 Å². The lowest BCUT2D eigenvalue weighted by atomic mass is 10.2. The molecule has 0 saturated carbocycles. The van der Waals surface area contributed by atoms with Crippen LogP contribution in [0, 0.1) is 17.5 Å². The van der Waals surface area contributed by atoms with Gasteiger partial charge in [-0.3, -0.25) is 0 Å². The minimum absolute atomic E-state index is 0.0584. The van der Waals surface area contributed by atoms with E-state index in [1.807, 2.05) is 0 Å². The van der Waals surface area contributed by atoms with Crippen LogP contribution >= 0.6 is 0 Å². The Morgan fingerprint density at radius 1 is 1.19 bits per heavy atom. The number of hydrogen-bond acceptors (Lipinski definition) is 3. The van der Waals surface area contributed by atoms with Crippen LogP contribution in [0.5, 0.6) is 0 Å². The molecule has 0 aliphatic carbocycles. The molecule has 0 amide bonds. The molecule has 0 aliphatic heterocycles. The molecule has 16 heavy (non-hydrogen) atoms. The fraction of sp³-hybridized carbons (Fsp3) is 0.111. The highest BCUT2D eigenvalue weighted by Crippen LogP contribution is 2.14. The lowest BCUT2D eigenvalue weighted by Crippen LogP contribution is -2.03. The highest BCUT2D eigenvalue weighted by atomic mass is 19.2. The van der Waals surface area contributed by atoms with Crippen LogP contribution in [0.25, 0.3) is 0 Å².